The van der Waals surface area contributed by atoms with Gasteiger partial charge in [0.15, 0.2) is 24.8 Å². The van der Waals surface area contributed by atoms with Crippen LogP contribution in [0.4, 0.5) is 10.1 Å². The Morgan fingerprint density at radius 3 is 2.48 bits per heavy atom. The fourth-order valence-electron chi connectivity index (χ4n) is 2.24. The molecule has 0 spiro atoms. The van der Waals surface area contributed by atoms with Crippen LogP contribution in [0, 0.1) is 24.1 Å². The van der Waals surface area contributed by atoms with Gasteiger partial charge in [0.1, 0.15) is 0 Å². The molecule has 0 bridgehead atoms. The molecule has 0 radical (unpaired) electrons. The summed E-state index contributed by atoms with van der Waals surface area (Å²) >= 11 is 0. The van der Waals surface area contributed by atoms with E-state index in [0.717, 1.165) is 5.56 Å². The Hall–Kier alpha value is -3.40. The van der Waals surface area contributed by atoms with E-state index in [1.807, 2.05) is 25.1 Å². The number of anilines is 1. The van der Waals surface area contributed by atoms with Crippen LogP contribution in [0.3, 0.4) is 0 Å². The van der Waals surface area contributed by atoms with Crippen molar-refractivity contribution in [1.29, 1.82) is 5.26 Å². The van der Waals surface area contributed by atoms with E-state index in [4.69, 9.17) is 14.7 Å². The normalized spacial score (nSPS) is 9.96. The van der Waals surface area contributed by atoms with Gasteiger partial charge < -0.3 is 14.4 Å². The first-order valence-corrected chi connectivity index (χ1v) is 8.28. The van der Waals surface area contributed by atoms with E-state index >= 15 is 0 Å². The van der Waals surface area contributed by atoms with Gasteiger partial charge in [0.2, 0.25) is 0 Å². The molecule has 0 aliphatic rings. The first kappa shape index (κ1) is 19.9. The van der Waals surface area contributed by atoms with Crippen LogP contribution in [-0.4, -0.2) is 31.6 Å². The Kier molecular flexibility index (Phi) is 7.32. The predicted molar refractivity (Wildman–Crippen MR) is 96.6 cm³/mol. The van der Waals surface area contributed by atoms with E-state index in [-0.39, 0.29) is 18.7 Å². The quantitative estimate of drug-likeness (QED) is 0.668. The lowest BCUT2D eigenvalue weighted by atomic mass is 10.2. The number of hydrogen-bond acceptors (Lipinski definition) is 5. The zero-order valence-corrected chi connectivity index (χ0v) is 14.9. The Morgan fingerprint density at radius 1 is 1.11 bits per heavy atom. The Bertz CT molecular complexity index is 831. The van der Waals surface area contributed by atoms with Gasteiger partial charge in [-0.1, -0.05) is 29.8 Å². The lowest BCUT2D eigenvalue weighted by molar-refractivity contribution is -0.149. The summed E-state index contributed by atoms with van der Waals surface area (Å²) in [5, 5.41) is 8.79. The molecule has 0 heterocycles. The Balaban J connectivity index is 1.90. The van der Waals surface area contributed by atoms with E-state index in [0.29, 0.717) is 5.69 Å². The summed E-state index contributed by atoms with van der Waals surface area (Å²) < 4.78 is 23.4. The van der Waals surface area contributed by atoms with E-state index in [2.05, 4.69) is 0 Å². The zero-order chi connectivity index (χ0) is 19.6. The van der Waals surface area contributed by atoms with E-state index in [1.54, 1.807) is 18.2 Å². The van der Waals surface area contributed by atoms with E-state index < -0.39 is 30.9 Å². The van der Waals surface area contributed by atoms with Crippen molar-refractivity contribution >= 4 is 17.6 Å². The molecule has 7 heteroatoms. The molecule has 140 valence electrons. The fraction of sp³-hybridized carbons (Fsp3) is 0.250. The van der Waals surface area contributed by atoms with Gasteiger partial charge in [0.25, 0.3) is 5.91 Å². The maximum absolute atomic E-state index is 13.4. The molecule has 0 aliphatic carbocycles. The summed E-state index contributed by atoms with van der Waals surface area (Å²) in [4.78, 5) is 25.5. The Morgan fingerprint density at radius 2 is 1.81 bits per heavy atom. The minimum Gasteiger partial charge on any atom is -0.479 e. The number of carbonyl (C=O) groups excluding carboxylic acids is 2. The highest BCUT2D eigenvalue weighted by Gasteiger charge is 2.18. The summed E-state index contributed by atoms with van der Waals surface area (Å²) in [6.07, 6.45) is 0.143. The summed E-state index contributed by atoms with van der Waals surface area (Å²) in [6.45, 7) is 1.08. The number of nitrogens with zero attached hydrogens (tertiary/aromatic N) is 2. The summed E-state index contributed by atoms with van der Waals surface area (Å²) in [5.41, 5.74) is 1.64. The van der Waals surface area contributed by atoms with Crippen molar-refractivity contribution < 1.29 is 23.5 Å². The van der Waals surface area contributed by atoms with E-state index in [9.17, 15) is 14.0 Å². The van der Waals surface area contributed by atoms with Crippen LogP contribution in [0.5, 0.6) is 5.75 Å². The molecule has 1 amide bonds. The molecule has 27 heavy (non-hydrogen) atoms. The third-order valence-electron chi connectivity index (χ3n) is 3.63. The second kappa shape index (κ2) is 9.92. The molecule has 2 aromatic rings. The number of halogens is 1. The first-order chi connectivity index (χ1) is 13.0. The molecule has 2 rings (SSSR count). The molecule has 0 N–H and O–H groups in total. The molecule has 0 aliphatic heterocycles. The van der Waals surface area contributed by atoms with Gasteiger partial charge in [-0.05, 0) is 31.2 Å². The SMILES string of the molecule is Cc1ccc(N(CCC#N)C(=O)COC(=O)COc2ccccc2F)cc1. The van der Waals surface area contributed by atoms with Gasteiger partial charge in [-0.25, -0.2) is 9.18 Å². The Labute approximate surface area is 156 Å². The van der Waals surface area contributed by atoms with Crippen LogP contribution in [0.15, 0.2) is 48.5 Å². The van der Waals surface area contributed by atoms with Crippen LogP contribution < -0.4 is 9.64 Å². The number of amides is 1. The molecular formula is C20H19FN2O4. The van der Waals surface area contributed by atoms with Crippen molar-refractivity contribution in [2.45, 2.75) is 13.3 Å². The van der Waals surface area contributed by atoms with Crippen LogP contribution in [0.1, 0.15) is 12.0 Å². The van der Waals surface area contributed by atoms with Gasteiger partial charge in [-0.2, -0.15) is 5.26 Å². The van der Waals surface area contributed by atoms with Gasteiger partial charge in [0, 0.05) is 12.2 Å². The molecule has 0 saturated heterocycles. The molecule has 0 aromatic heterocycles. The zero-order valence-electron chi connectivity index (χ0n) is 14.9. The number of esters is 1. The number of nitriles is 1. The maximum atomic E-state index is 13.4. The maximum Gasteiger partial charge on any atom is 0.344 e. The van der Waals surface area contributed by atoms with Crippen molar-refractivity contribution in [3.05, 3.63) is 59.9 Å². The van der Waals surface area contributed by atoms with Gasteiger partial charge >= 0.3 is 5.97 Å². The van der Waals surface area contributed by atoms with E-state index in [1.165, 1.54) is 23.1 Å². The average Bonchev–Trinajstić information content (AvgIpc) is 2.67. The minimum absolute atomic E-state index is 0.0731. The fourth-order valence-corrected chi connectivity index (χ4v) is 2.24. The van der Waals surface area contributed by atoms with Crippen molar-refractivity contribution in [2.75, 3.05) is 24.7 Å². The third-order valence-corrected chi connectivity index (χ3v) is 3.63. The molecule has 0 atom stereocenters. The van der Waals surface area contributed by atoms with Gasteiger partial charge in [-0.15, -0.1) is 0 Å². The number of para-hydroxylation sites is 1. The van der Waals surface area contributed by atoms with Crippen LogP contribution in [0.2, 0.25) is 0 Å². The van der Waals surface area contributed by atoms with Crippen molar-refractivity contribution in [1.82, 2.24) is 0 Å². The topological polar surface area (TPSA) is 79.6 Å². The van der Waals surface area contributed by atoms with Crippen LogP contribution in [-0.2, 0) is 14.3 Å². The highest BCUT2D eigenvalue weighted by atomic mass is 19.1. The predicted octanol–water partition coefficient (Wildman–Crippen LogP) is 3.00. The number of benzene rings is 2. The third kappa shape index (κ3) is 6.12. The molecule has 0 unspecified atom stereocenters. The summed E-state index contributed by atoms with van der Waals surface area (Å²) in [7, 11) is 0. The van der Waals surface area contributed by atoms with Gasteiger partial charge in [-0.3, -0.25) is 4.79 Å². The largest absolute Gasteiger partial charge is 0.479 e. The molecule has 0 saturated carbocycles. The van der Waals surface area contributed by atoms with Crippen molar-refractivity contribution in [3.8, 4) is 11.8 Å². The highest BCUT2D eigenvalue weighted by Crippen LogP contribution is 2.17. The number of rotatable bonds is 8. The summed E-state index contributed by atoms with van der Waals surface area (Å²) in [5.74, 6) is -1.93. The number of hydrogen-bond donors (Lipinski definition) is 0. The first-order valence-electron chi connectivity index (χ1n) is 8.28. The average molecular weight is 370 g/mol. The second-order valence-electron chi connectivity index (χ2n) is 5.67. The van der Waals surface area contributed by atoms with Crippen LogP contribution in [0.25, 0.3) is 0 Å². The van der Waals surface area contributed by atoms with Crippen molar-refractivity contribution in [3.63, 3.8) is 0 Å². The minimum atomic E-state index is -0.796. The van der Waals surface area contributed by atoms with Gasteiger partial charge in [0.05, 0.1) is 12.5 Å². The molecule has 6 nitrogen and oxygen atoms in total. The number of ether oxygens (including phenoxy) is 2. The molecule has 2 aromatic carbocycles. The van der Waals surface area contributed by atoms with Crippen molar-refractivity contribution in [2.24, 2.45) is 0 Å². The standard InChI is InChI=1S/C20H19FN2O4/c1-15-7-9-16(10-8-15)23(12-4-11-22)19(24)13-27-20(25)14-26-18-6-3-2-5-17(18)21/h2-3,5-10H,4,12-14H2,1H3. The number of carbonyl (C=O) groups is 2. The lowest BCUT2D eigenvalue weighted by Crippen LogP contribution is -2.36. The number of aryl methyl sites for hydroxylation is 1. The lowest BCUT2D eigenvalue weighted by Gasteiger charge is -2.21. The van der Waals surface area contributed by atoms with Crippen LogP contribution >= 0.6 is 0 Å². The second-order valence-corrected chi connectivity index (χ2v) is 5.67. The highest BCUT2D eigenvalue weighted by molar-refractivity contribution is 5.95. The molecular weight excluding hydrogens is 351 g/mol. The smallest absolute Gasteiger partial charge is 0.344 e. The monoisotopic (exact) mass is 370 g/mol. The summed E-state index contributed by atoms with van der Waals surface area (Å²) in [6, 6.07) is 14.9. The molecule has 0 fully saturated rings.